The van der Waals surface area contributed by atoms with Crippen molar-refractivity contribution < 1.29 is 5.11 Å². The van der Waals surface area contributed by atoms with Gasteiger partial charge in [-0.05, 0) is 37.6 Å². The minimum absolute atomic E-state index is 0.257. The van der Waals surface area contributed by atoms with Crippen molar-refractivity contribution in [1.82, 2.24) is 9.88 Å². The van der Waals surface area contributed by atoms with E-state index < -0.39 is 5.60 Å². The first-order chi connectivity index (χ1) is 7.42. The molecule has 1 aromatic rings. The van der Waals surface area contributed by atoms with Crippen molar-refractivity contribution in [2.75, 3.05) is 13.6 Å². The average molecular weight is 222 g/mol. The van der Waals surface area contributed by atoms with Crippen molar-refractivity contribution in [1.29, 1.82) is 0 Å². The lowest BCUT2D eigenvalue weighted by atomic mass is 9.92. The summed E-state index contributed by atoms with van der Waals surface area (Å²) < 4.78 is 0. The third-order valence-electron chi connectivity index (χ3n) is 3.04. The van der Waals surface area contributed by atoms with Gasteiger partial charge in [-0.1, -0.05) is 13.8 Å². The first-order valence-electron chi connectivity index (χ1n) is 5.71. The Morgan fingerprint density at radius 2 is 1.94 bits per heavy atom. The van der Waals surface area contributed by atoms with Crippen LogP contribution in [0.3, 0.4) is 0 Å². The SMILES string of the molecule is CC(C)C(C)(O)CN(C)Cc1ccncc1. The Balaban J connectivity index is 2.51. The molecular formula is C13H22N2O. The van der Waals surface area contributed by atoms with Gasteiger partial charge in [0.1, 0.15) is 0 Å². The van der Waals surface area contributed by atoms with E-state index in [0.29, 0.717) is 6.54 Å². The molecule has 1 heterocycles. The summed E-state index contributed by atoms with van der Waals surface area (Å²) in [4.78, 5) is 6.12. The molecule has 0 aromatic carbocycles. The maximum atomic E-state index is 10.2. The van der Waals surface area contributed by atoms with Gasteiger partial charge in [-0.15, -0.1) is 0 Å². The predicted octanol–water partition coefficient (Wildman–Crippen LogP) is 1.92. The summed E-state index contributed by atoms with van der Waals surface area (Å²) in [6.07, 6.45) is 3.59. The molecule has 0 saturated carbocycles. The first-order valence-corrected chi connectivity index (χ1v) is 5.71. The Hall–Kier alpha value is -0.930. The van der Waals surface area contributed by atoms with Crippen molar-refractivity contribution in [3.05, 3.63) is 30.1 Å². The summed E-state index contributed by atoms with van der Waals surface area (Å²) in [7, 11) is 2.03. The number of rotatable bonds is 5. The smallest absolute Gasteiger partial charge is 0.0768 e. The van der Waals surface area contributed by atoms with Gasteiger partial charge in [0.25, 0.3) is 0 Å². The minimum atomic E-state index is -0.637. The standard InChI is InChI=1S/C13H22N2O/c1-11(2)13(3,16)10-15(4)9-12-5-7-14-8-6-12/h5-8,11,16H,9-10H2,1-4H3. The average Bonchev–Trinajstić information content (AvgIpc) is 2.17. The Bertz CT molecular complexity index is 309. The quantitative estimate of drug-likeness (QED) is 0.827. The summed E-state index contributed by atoms with van der Waals surface area (Å²) in [5.74, 6) is 0.257. The van der Waals surface area contributed by atoms with E-state index in [2.05, 4.69) is 9.88 Å². The van der Waals surface area contributed by atoms with Crippen LogP contribution in [0.1, 0.15) is 26.3 Å². The second kappa shape index (κ2) is 5.41. The van der Waals surface area contributed by atoms with E-state index in [1.165, 1.54) is 5.56 Å². The number of aromatic nitrogens is 1. The number of pyridine rings is 1. The molecule has 90 valence electrons. The van der Waals surface area contributed by atoms with E-state index in [9.17, 15) is 5.11 Å². The maximum Gasteiger partial charge on any atom is 0.0768 e. The fraction of sp³-hybridized carbons (Fsp3) is 0.615. The van der Waals surface area contributed by atoms with E-state index in [1.807, 2.05) is 40.0 Å². The molecule has 1 aromatic heterocycles. The lowest BCUT2D eigenvalue weighted by molar-refractivity contribution is -0.0146. The molecule has 0 aliphatic carbocycles. The van der Waals surface area contributed by atoms with Gasteiger partial charge in [0.15, 0.2) is 0 Å². The monoisotopic (exact) mass is 222 g/mol. The van der Waals surface area contributed by atoms with Crippen LogP contribution in [-0.4, -0.2) is 34.2 Å². The molecule has 0 aliphatic rings. The summed E-state index contributed by atoms with van der Waals surface area (Å²) in [5.41, 5.74) is 0.582. The highest BCUT2D eigenvalue weighted by molar-refractivity contribution is 5.09. The van der Waals surface area contributed by atoms with Crippen molar-refractivity contribution in [3.63, 3.8) is 0 Å². The van der Waals surface area contributed by atoms with Crippen LogP contribution in [0.25, 0.3) is 0 Å². The van der Waals surface area contributed by atoms with Gasteiger partial charge in [0, 0.05) is 25.5 Å². The predicted molar refractivity (Wildman–Crippen MR) is 66.0 cm³/mol. The van der Waals surface area contributed by atoms with Crippen LogP contribution in [0.2, 0.25) is 0 Å². The van der Waals surface area contributed by atoms with Crippen LogP contribution in [0, 0.1) is 5.92 Å². The van der Waals surface area contributed by atoms with Gasteiger partial charge in [-0.2, -0.15) is 0 Å². The third-order valence-corrected chi connectivity index (χ3v) is 3.04. The number of hydrogen-bond acceptors (Lipinski definition) is 3. The zero-order valence-electron chi connectivity index (χ0n) is 10.6. The molecule has 1 N–H and O–H groups in total. The zero-order valence-corrected chi connectivity index (χ0v) is 10.6. The molecule has 1 unspecified atom stereocenters. The van der Waals surface area contributed by atoms with Crippen LogP contribution in [0.5, 0.6) is 0 Å². The van der Waals surface area contributed by atoms with E-state index in [-0.39, 0.29) is 5.92 Å². The molecule has 3 nitrogen and oxygen atoms in total. The molecule has 0 amide bonds. The fourth-order valence-corrected chi connectivity index (χ4v) is 1.58. The molecule has 1 atom stereocenters. The summed E-state index contributed by atoms with van der Waals surface area (Å²) in [6.45, 7) is 7.49. The van der Waals surface area contributed by atoms with Gasteiger partial charge in [-0.3, -0.25) is 9.88 Å². The Morgan fingerprint density at radius 1 is 1.38 bits per heavy atom. The van der Waals surface area contributed by atoms with Crippen LogP contribution >= 0.6 is 0 Å². The van der Waals surface area contributed by atoms with Crippen LogP contribution < -0.4 is 0 Å². The fourth-order valence-electron chi connectivity index (χ4n) is 1.58. The second-order valence-corrected chi connectivity index (χ2v) is 5.04. The molecule has 0 bridgehead atoms. The first kappa shape index (κ1) is 13.1. The van der Waals surface area contributed by atoms with E-state index in [0.717, 1.165) is 6.54 Å². The van der Waals surface area contributed by atoms with Gasteiger partial charge >= 0.3 is 0 Å². The van der Waals surface area contributed by atoms with Crippen molar-refractivity contribution in [3.8, 4) is 0 Å². The Labute approximate surface area is 98.1 Å². The lowest BCUT2D eigenvalue weighted by Crippen LogP contribution is -2.42. The van der Waals surface area contributed by atoms with Crippen molar-refractivity contribution in [2.45, 2.75) is 32.9 Å². The Kier molecular flexibility index (Phi) is 4.44. The number of hydrogen-bond donors (Lipinski definition) is 1. The summed E-state index contributed by atoms with van der Waals surface area (Å²) in [6, 6.07) is 4.00. The van der Waals surface area contributed by atoms with E-state index in [1.54, 1.807) is 12.4 Å². The van der Waals surface area contributed by atoms with Crippen LogP contribution in [0.4, 0.5) is 0 Å². The highest BCUT2D eigenvalue weighted by Crippen LogP contribution is 2.17. The largest absolute Gasteiger partial charge is 0.389 e. The van der Waals surface area contributed by atoms with Crippen molar-refractivity contribution >= 4 is 0 Å². The highest BCUT2D eigenvalue weighted by atomic mass is 16.3. The molecule has 0 saturated heterocycles. The molecule has 0 radical (unpaired) electrons. The molecule has 16 heavy (non-hydrogen) atoms. The lowest BCUT2D eigenvalue weighted by Gasteiger charge is -2.32. The third kappa shape index (κ3) is 3.91. The summed E-state index contributed by atoms with van der Waals surface area (Å²) in [5, 5.41) is 10.2. The molecule has 0 fully saturated rings. The normalized spacial score (nSPS) is 15.4. The Morgan fingerprint density at radius 3 is 2.44 bits per heavy atom. The topological polar surface area (TPSA) is 36.4 Å². The van der Waals surface area contributed by atoms with Crippen molar-refractivity contribution in [2.24, 2.45) is 5.92 Å². The van der Waals surface area contributed by atoms with E-state index >= 15 is 0 Å². The maximum absolute atomic E-state index is 10.2. The number of likely N-dealkylation sites (N-methyl/N-ethyl adjacent to an activating group) is 1. The number of aliphatic hydroxyl groups is 1. The molecule has 0 spiro atoms. The zero-order chi connectivity index (χ0) is 12.2. The molecule has 0 aliphatic heterocycles. The van der Waals surface area contributed by atoms with Crippen LogP contribution in [0.15, 0.2) is 24.5 Å². The van der Waals surface area contributed by atoms with Gasteiger partial charge in [0.05, 0.1) is 5.60 Å². The van der Waals surface area contributed by atoms with Crippen LogP contribution in [-0.2, 0) is 6.54 Å². The highest BCUT2D eigenvalue weighted by Gasteiger charge is 2.26. The summed E-state index contributed by atoms with van der Waals surface area (Å²) >= 11 is 0. The minimum Gasteiger partial charge on any atom is -0.389 e. The molecular weight excluding hydrogens is 200 g/mol. The van der Waals surface area contributed by atoms with Gasteiger partial charge in [-0.25, -0.2) is 0 Å². The number of nitrogens with zero attached hydrogens (tertiary/aromatic N) is 2. The second-order valence-electron chi connectivity index (χ2n) is 5.04. The van der Waals surface area contributed by atoms with Gasteiger partial charge < -0.3 is 5.11 Å². The van der Waals surface area contributed by atoms with E-state index in [4.69, 9.17) is 0 Å². The van der Waals surface area contributed by atoms with Gasteiger partial charge in [0.2, 0.25) is 0 Å². The molecule has 3 heteroatoms. The molecule has 1 rings (SSSR count).